The van der Waals surface area contributed by atoms with Crippen molar-refractivity contribution < 1.29 is 13.9 Å². The number of allylic oxidation sites excluding steroid dienone is 1. The van der Waals surface area contributed by atoms with Crippen LogP contribution in [-0.2, 0) is 11.2 Å². The van der Waals surface area contributed by atoms with Crippen LogP contribution >= 0.6 is 0 Å². The Kier molecular flexibility index (Phi) is 6.69. The molecule has 168 valence electrons. The van der Waals surface area contributed by atoms with E-state index in [1.165, 1.54) is 5.56 Å². The van der Waals surface area contributed by atoms with Crippen molar-refractivity contribution in [3.8, 4) is 5.75 Å². The number of carbonyl (C=O) groups is 1. The van der Waals surface area contributed by atoms with E-state index in [-0.39, 0.29) is 5.91 Å². The van der Waals surface area contributed by atoms with Gasteiger partial charge >= 0.3 is 0 Å². The second kappa shape index (κ2) is 9.64. The van der Waals surface area contributed by atoms with Gasteiger partial charge in [-0.15, -0.1) is 0 Å². The molecule has 32 heavy (non-hydrogen) atoms. The summed E-state index contributed by atoms with van der Waals surface area (Å²) in [6.45, 7) is 10.2. The van der Waals surface area contributed by atoms with Crippen molar-refractivity contribution in [1.82, 2.24) is 4.90 Å². The van der Waals surface area contributed by atoms with E-state index in [2.05, 4.69) is 43.3 Å². The zero-order chi connectivity index (χ0) is 22.7. The number of furan rings is 1. The van der Waals surface area contributed by atoms with Crippen LogP contribution in [-0.4, -0.2) is 30.5 Å². The molecule has 0 N–H and O–H groups in total. The minimum Gasteiger partial charge on any atom is -0.493 e. The van der Waals surface area contributed by atoms with Gasteiger partial charge in [-0.05, 0) is 75.6 Å². The number of piperidine rings is 1. The number of carbonyl (C=O) groups excluding carboxylic acids is 1. The molecule has 4 rings (SSSR count). The van der Waals surface area contributed by atoms with Gasteiger partial charge < -0.3 is 14.1 Å². The summed E-state index contributed by atoms with van der Waals surface area (Å²) in [5, 5.41) is 1.07. The van der Waals surface area contributed by atoms with E-state index in [0.717, 1.165) is 71.5 Å². The van der Waals surface area contributed by atoms with E-state index in [9.17, 15) is 4.79 Å². The Hall–Kier alpha value is -3.01. The number of fused-ring (bicyclic) bond motifs is 1. The Labute approximate surface area is 190 Å². The van der Waals surface area contributed by atoms with Crippen LogP contribution < -0.4 is 4.74 Å². The molecule has 0 unspecified atom stereocenters. The van der Waals surface area contributed by atoms with Crippen LogP contribution in [0, 0.1) is 19.8 Å². The predicted octanol–water partition coefficient (Wildman–Crippen LogP) is 6.33. The molecular formula is C28H33NO3. The summed E-state index contributed by atoms with van der Waals surface area (Å²) in [5.41, 5.74) is 5.22. The summed E-state index contributed by atoms with van der Waals surface area (Å²) in [6.07, 6.45) is 4.97. The number of amides is 1. The average molecular weight is 432 g/mol. The maximum absolute atomic E-state index is 13.0. The highest BCUT2D eigenvalue weighted by atomic mass is 16.5. The Morgan fingerprint density at radius 3 is 2.56 bits per heavy atom. The van der Waals surface area contributed by atoms with Crippen LogP contribution in [0.2, 0.25) is 0 Å². The average Bonchev–Trinajstić information content (AvgIpc) is 3.07. The molecular weight excluding hydrogens is 398 g/mol. The highest BCUT2D eigenvalue weighted by Crippen LogP contribution is 2.35. The van der Waals surface area contributed by atoms with Crippen molar-refractivity contribution in [3.05, 3.63) is 71.0 Å². The van der Waals surface area contributed by atoms with E-state index in [0.29, 0.717) is 12.5 Å². The number of hydrogen-bond acceptors (Lipinski definition) is 3. The molecule has 2 aromatic carbocycles. The Bertz CT molecular complexity index is 1120. The molecule has 0 atom stereocenters. The first-order valence-electron chi connectivity index (χ1n) is 11.6. The number of ether oxygens (including phenoxy) is 1. The smallest absolute Gasteiger partial charge is 0.246 e. The number of aryl methyl sites for hydroxylation is 2. The number of hydrogen-bond donors (Lipinski definition) is 0. The first-order valence-corrected chi connectivity index (χ1v) is 11.6. The lowest BCUT2D eigenvalue weighted by atomic mass is 9.90. The van der Waals surface area contributed by atoms with Crippen LogP contribution in [0.25, 0.3) is 16.5 Å². The van der Waals surface area contributed by atoms with Crippen LogP contribution in [0.1, 0.15) is 49.1 Å². The molecule has 4 nitrogen and oxygen atoms in total. The van der Waals surface area contributed by atoms with Gasteiger partial charge in [0, 0.05) is 36.2 Å². The highest BCUT2D eigenvalue weighted by molar-refractivity contribution is 5.97. The second-order valence-corrected chi connectivity index (χ2v) is 8.85. The summed E-state index contributed by atoms with van der Waals surface area (Å²) in [5.74, 6) is 2.40. The van der Waals surface area contributed by atoms with Gasteiger partial charge in [0.15, 0.2) is 0 Å². The van der Waals surface area contributed by atoms with Crippen molar-refractivity contribution in [1.29, 1.82) is 0 Å². The molecule has 1 amide bonds. The summed E-state index contributed by atoms with van der Waals surface area (Å²) in [4.78, 5) is 15.0. The van der Waals surface area contributed by atoms with Gasteiger partial charge in [0.2, 0.25) is 5.91 Å². The van der Waals surface area contributed by atoms with Crippen molar-refractivity contribution in [3.63, 3.8) is 0 Å². The molecule has 1 fully saturated rings. The third-order valence-electron chi connectivity index (χ3n) is 6.63. The fourth-order valence-corrected chi connectivity index (χ4v) is 4.61. The summed E-state index contributed by atoms with van der Waals surface area (Å²) >= 11 is 0. The first kappa shape index (κ1) is 22.2. The van der Waals surface area contributed by atoms with E-state index in [1.54, 1.807) is 6.08 Å². The van der Waals surface area contributed by atoms with Gasteiger partial charge in [-0.2, -0.15) is 0 Å². The van der Waals surface area contributed by atoms with E-state index in [1.807, 2.05) is 31.7 Å². The van der Waals surface area contributed by atoms with Crippen molar-refractivity contribution in [2.24, 2.45) is 5.92 Å². The van der Waals surface area contributed by atoms with Gasteiger partial charge in [0.1, 0.15) is 17.1 Å². The summed E-state index contributed by atoms with van der Waals surface area (Å²) < 4.78 is 11.8. The molecule has 1 saturated heterocycles. The topological polar surface area (TPSA) is 42.7 Å². The third-order valence-corrected chi connectivity index (χ3v) is 6.63. The molecule has 1 aliphatic rings. The van der Waals surface area contributed by atoms with Crippen LogP contribution in [0.5, 0.6) is 5.75 Å². The zero-order valence-electron chi connectivity index (χ0n) is 19.6. The van der Waals surface area contributed by atoms with Crippen molar-refractivity contribution >= 4 is 22.4 Å². The molecule has 0 spiro atoms. The predicted molar refractivity (Wildman–Crippen MR) is 130 cm³/mol. The minimum absolute atomic E-state index is 0.0864. The molecule has 4 heteroatoms. The molecule has 0 bridgehead atoms. The zero-order valence-corrected chi connectivity index (χ0v) is 19.6. The van der Waals surface area contributed by atoms with Crippen LogP contribution in [0.3, 0.4) is 0 Å². The van der Waals surface area contributed by atoms with Gasteiger partial charge in [-0.1, -0.05) is 30.3 Å². The Balaban J connectivity index is 1.48. The summed E-state index contributed by atoms with van der Waals surface area (Å²) in [7, 11) is 0. The molecule has 3 aromatic rings. The standard InChI is InChI=1S/C28H33NO3/c1-5-31-26-18-27-25(20(3)21(4)32-27)17-24(26)19(2)15-28(30)29-13-11-23(12-14-29)16-22-9-7-6-8-10-22/h6-10,15,17-18,23H,5,11-14,16H2,1-4H3/b19-15+. The number of nitrogens with zero attached hydrogens (tertiary/aromatic N) is 1. The van der Waals surface area contributed by atoms with E-state index in [4.69, 9.17) is 9.15 Å². The molecule has 1 aliphatic heterocycles. The minimum atomic E-state index is 0.0864. The monoisotopic (exact) mass is 431 g/mol. The Morgan fingerprint density at radius 2 is 1.88 bits per heavy atom. The Morgan fingerprint density at radius 1 is 1.16 bits per heavy atom. The van der Waals surface area contributed by atoms with Gasteiger partial charge in [-0.3, -0.25) is 4.79 Å². The SMILES string of the molecule is CCOc1cc2oc(C)c(C)c2cc1/C(C)=C/C(=O)N1CCC(Cc2ccccc2)CC1. The molecule has 0 radical (unpaired) electrons. The summed E-state index contributed by atoms with van der Waals surface area (Å²) in [6, 6.07) is 14.7. The van der Waals surface area contributed by atoms with Gasteiger partial charge in [-0.25, -0.2) is 0 Å². The quantitative estimate of drug-likeness (QED) is 0.428. The van der Waals surface area contributed by atoms with Crippen LogP contribution in [0.4, 0.5) is 0 Å². The molecule has 2 heterocycles. The number of rotatable bonds is 6. The second-order valence-electron chi connectivity index (χ2n) is 8.85. The van der Waals surface area contributed by atoms with Crippen molar-refractivity contribution in [2.45, 2.75) is 47.0 Å². The fraction of sp³-hybridized carbons (Fsp3) is 0.393. The fourth-order valence-electron chi connectivity index (χ4n) is 4.61. The maximum atomic E-state index is 13.0. The van der Waals surface area contributed by atoms with Crippen LogP contribution in [0.15, 0.2) is 53.0 Å². The number of likely N-dealkylation sites (tertiary alicyclic amines) is 1. The molecule has 0 aliphatic carbocycles. The third kappa shape index (κ3) is 4.74. The van der Waals surface area contributed by atoms with E-state index < -0.39 is 0 Å². The highest BCUT2D eigenvalue weighted by Gasteiger charge is 2.22. The van der Waals surface area contributed by atoms with Gasteiger partial charge in [0.25, 0.3) is 0 Å². The lowest BCUT2D eigenvalue weighted by molar-refractivity contribution is -0.127. The lowest BCUT2D eigenvalue weighted by Gasteiger charge is -2.31. The molecule has 0 saturated carbocycles. The largest absolute Gasteiger partial charge is 0.493 e. The number of benzene rings is 2. The molecule has 1 aromatic heterocycles. The van der Waals surface area contributed by atoms with E-state index >= 15 is 0 Å². The van der Waals surface area contributed by atoms with Crippen molar-refractivity contribution in [2.75, 3.05) is 19.7 Å². The lowest BCUT2D eigenvalue weighted by Crippen LogP contribution is -2.38. The normalized spacial score (nSPS) is 15.4. The first-order chi connectivity index (χ1) is 15.5. The maximum Gasteiger partial charge on any atom is 0.246 e. The van der Waals surface area contributed by atoms with Gasteiger partial charge in [0.05, 0.1) is 6.61 Å².